The third-order valence-electron chi connectivity index (χ3n) is 0.521. The summed E-state index contributed by atoms with van der Waals surface area (Å²) < 4.78 is 14.4. The highest BCUT2D eigenvalue weighted by Crippen LogP contribution is 1.95. The van der Waals surface area contributed by atoms with Crippen LogP contribution in [0.1, 0.15) is 28.9 Å². The van der Waals surface area contributed by atoms with E-state index in [4.69, 9.17) is 2.74 Å². The highest BCUT2D eigenvalue weighted by Gasteiger charge is 1.76. The fraction of sp³-hybridized carbons (Fsp3) is 1.00. The van der Waals surface area contributed by atoms with Gasteiger partial charge in [-0.25, -0.2) is 0 Å². The minimum atomic E-state index is -0.955. The largest absolute Gasteiger partial charge is 0.0928 e. The summed E-state index contributed by atoms with van der Waals surface area (Å²) in [5.41, 5.74) is 0. The lowest BCUT2D eigenvalue weighted by molar-refractivity contribution is 0.781. The van der Waals surface area contributed by atoms with Crippen molar-refractivity contribution in [2.24, 2.45) is 0 Å². The maximum absolute atomic E-state index is 7.21. The zero-order valence-electron chi connectivity index (χ0n) is 6.00. The molecule has 38 valence electrons. The van der Waals surface area contributed by atoms with Crippen LogP contribution in [0.25, 0.3) is 0 Å². The zero-order valence-corrected chi connectivity index (χ0v) is 5.59. The Morgan fingerprint density at radius 2 is 2.50 bits per heavy atom. The molecule has 6 heavy (non-hydrogen) atoms. The van der Waals surface area contributed by atoms with Gasteiger partial charge in [-0.15, -0.1) is 0 Å². The Morgan fingerprint density at radius 3 is 2.67 bits per heavy atom. The molecule has 0 atom stereocenters. The topological polar surface area (TPSA) is 0 Å². The molecule has 0 fully saturated rings. The van der Waals surface area contributed by atoms with Crippen LogP contribution in [0.15, 0.2) is 0 Å². The summed E-state index contributed by atoms with van der Waals surface area (Å²) in [5, 5.41) is 0.758. The molecule has 0 unspecified atom stereocenters. The van der Waals surface area contributed by atoms with Crippen molar-refractivity contribution < 1.29 is 2.74 Å². The van der Waals surface area contributed by atoms with Gasteiger partial charge in [-0.3, -0.25) is 0 Å². The highest BCUT2D eigenvalue weighted by atomic mass is 79.9. The molecule has 0 saturated heterocycles. The smallest absolute Gasteiger partial charge is 0.0267 e. The second-order valence-electron chi connectivity index (χ2n) is 1.04. The van der Waals surface area contributed by atoms with Crippen molar-refractivity contribution >= 4 is 15.9 Å². The van der Waals surface area contributed by atoms with Crippen molar-refractivity contribution in [1.82, 2.24) is 0 Å². The Bertz CT molecular complexity index is 63.4. The summed E-state index contributed by atoms with van der Waals surface area (Å²) in [6.07, 6.45) is 0.269. The van der Waals surface area contributed by atoms with E-state index in [1.807, 2.05) is 6.92 Å². The predicted octanol–water partition coefficient (Wildman–Crippen LogP) is 2.57. The number of hydrogen-bond donors (Lipinski definition) is 0. The summed E-state index contributed by atoms with van der Waals surface area (Å²) in [6, 6.07) is 0. The van der Waals surface area contributed by atoms with Crippen LogP contribution < -0.4 is 0 Å². The van der Waals surface area contributed by atoms with Crippen LogP contribution in [0.3, 0.4) is 0 Å². The van der Waals surface area contributed by atoms with E-state index in [2.05, 4.69) is 15.9 Å². The minimum Gasteiger partial charge on any atom is -0.0928 e. The highest BCUT2D eigenvalue weighted by molar-refractivity contribution is 9.09. The van der Waals surface area contributed by atoms with Gasteiger partial charge in [-0.05, 0) is 6.42 Å². The van der Waals surface area contributed by atoms with Crippen LogP contribution in [-0.2, 0) is 0 Å². The Labute approximate surface area is 50.9 Å². The van der Waals surface area contributed by atoms with E-state index < -0.39 is 6.37 Å². The van der Waals surface area contributed by atoms with Crippen LogP contribution >= 0.6 is 15.9 Å². The van der Waals surface area contributed by atoms with Gasteiger partial charge in [0, 0.05) is 8.07 Å². The molecule has 0 rings (SSSR count). The first-order valence-electron chi connectivity index (χ1n) is 3.18. The maximum Gasteiger partial charge on any atom is 0.0267 e. The van der Waals surface area contributed by atoms with Crippen molar-refractivity contribution in [2.45, 2.75) is 26.1 Å². The lowest BCUT2D eigenvalue weighted by Gasteiger charge is -1.85. The second-order valence-corrected chi connectivity index (χ2v) is 1.84. The van der Waals surface area contributed by atoms with Gasteiger partial charge in [0.2, 0.25) is 0 Å². The predicted molar refractivity (Wildman–Crippen MR) is 33.3 cm³/mol. The lowest BCUT2D eigenvalue weighted by Crippen LogP contribution is -1.70. The van der Waals surface area contributed by atoms with Gasteiger partial charge in [0.15, 0.2) is 0 Å². The summed E-state index contributed by atoms with van der Waals surface area (Å²) in [4.78, 5) is 0. The van der Waals surface area contributed by atoms with Gasteiger partial charge in [-0.2, -0.15) is 0 Å². The lowest BCUT2D eigenvalue weighted by atomic mass is 10.3. The molecule has 0 saturated carbocycles. The molecule has 0 aliphatic rings. The van der Waals surface area contributed by atoms with E-state index in [-0.39, 0.29) is 0 Å². The Morgan fingerprint density at radius 1 is 1.83 bits per heavy atom. The van der Waals surface area contributed by atoms with Crippen LogP contribution in [0, 0.1) is 0 Å². The number of rotatable bonds is 3. The maximum atomic E-state index is 7.21. The van der Waals surface area contributed by atoms with Gasteiger partial charge in [0.05, 0.1) is 0 Å². The molecule has 1 heteroatoms. The average Bonchev–Trinajstić information content (AvgIpc) is 1.67. The summed E-state index contributed by atoms with van der Waals surface area (Å²) in [5.74, 6) is 0. The van der Waals surface area contributed by atoms with Crippen LogP contribution in [0.4, 0.5) is 0 Å². The van der Waals surface area contributed by atoms with E-state index in [1.165, 1.54) is 0 Å². The molecule has 0 N–H and O–H groups in total. The van der Waals surface area contributed by atoms with Crippen molar-refractivity contribution in [3.05, 3.63) is 0 Å². The number of alkyl halides is 1. The fourth-order valence-electron chi connectivity index (χ4n) is 0.244. The van der Waals surface area contributed by atoms with Crippen LogP contribution in [0.5, 0.6) is 0 Å². The molecule has 0 nitrogen and oxygen atoms in total. The third-order valence-corrected chi connectivity index (χ3v) is 0.918. The Hall–Kier alpha value is 0.480. The molecule has 0 radical (unpaired) electrons. The van der Waals surface area contributed by atoms with E-state index in [1.54, 1.807) is 0 Å². The molecular weight excluding hydrogens is 140 g/mol. The van der Waals surface area contributed by atoms with E-state index in [9.17, 15) is 0 Å². The average molecular weight is 153 g/mol. The first-order chi connectivity index (χ1) is 3.62. The molecule has 0 aromatic carbocycles. The first kappa shape index (κ1) is 3.48. The summed E-state index contributed by atoms with van der Waals surface area (Å²) >= 11 is 3.19. The summed E-state index contributed by atoms with van der Waals surface area (Å²) in [6.45, 7) is 1.86. The molecule has 0 bridgehead atoms. The van der Waals surface area contributed by atoms with Crippen molar-refractivity contribution in [3.63, 3.8) is 0 Å². The van der Waals surface area contributed by atoms with Crippen molar-refractivity contribution in [3.8, 4) is 0 Å². The quantitative estimate of drug-likeness (QED) is 0.546. The van der Waals surface area contributed by atoms with Crippen molar-refractivity contribution in [1.29, 1.82) is 0 Å². The van der Waals surface area contributed by atoms with Gasteiger partial charge in [-0.1, -0.05) is 35.6 Å². The van der Waals surface area contributed by atoms with Crippen molar-refractivity contribution in [2.75, 3.05) is 5.33 Å². The number of hydrogen-bond acceptors (Lipinski definition) is 0. The van der Waals surface area contributed by atoms with Crippen LogP contribution in [0.2, 0.25) is 0 Å². The molecule has 0 spiro atoms. The third kappa shape index (κ3) is 4.48. The number of halogens is 1. The molecule has 0 amide bonds. The second kappa shape index (κ2) is 5.48. The van der Waals surface area contributed by atoms with Gasteiger partial charge in [0.25, 0.3) is 0 Å². The van der Waals surface area contributed by atoms with Gasteiger partial charge in [0.1, 0.15) is 0 Å². The van der Waals surface area contributed by atoms with Crippen LogP contribution in [-0.4, -0.2) is 5.33 Å². The zero-order chi connectivity index (χ0) is 6.62. The minimum absolute atomic E-state index is 0.610. The van der Waals surface area contributed by atoms with E-state index >= 15 is 0 Å². The molecular formula is C5H11Br. The first-order valence-corrected chi connectivity index (χ1v) is 3.30. The molecule has 0 aliphatic carbocycles. The molecule has 0 aromatic heterocycles. The normalized spacial score (nSPS) is 16.3. The SMILES string of the molecule is [2H]C([2H])(CC)CCBr. The van der Waals surface area contributed by atoms with Gasteiger partial charge < -0.3 is 0 Å². The van der Waals surface area contributed by atoms with Gasteiger partial charge >= 0.3 is 0 Å². The standard InChI is InChI=1S/C5H11Br/c1-2-3-4-5-6/h2-5H2,1H3/i3D2. The Balaban J connectivity index is 3.37. The fourth-order valence-corrected chi connectivity index (χ4v) is 0.524. The molecule has 0 aliphatic heterocycles. The Kier molecular flexibility index (Phi) is 3.18. The summed E-state index contributed by atoms with van der Waals surface area (Å²) in [7, 11) is 0. The molecule has 0 aromatic rings. The molecule has 0 heterocycles. The van der Waals surface area contributed by atoms with E-state index in [0.717, 1.165) is 5.33 Å². The monoisotopic (exact) mass is 152 g/mol. The van der Waals surface area contributed by atoms with E-state index in [0.29, 0.717) is 12.8 Å².